The van der Waals surface area contributed by atoms with Gasteiger partial charge in [0.2, 0.25) is 22.5 Å². The smallest absolute Gasteiger partial charge is 0.0749 e. The highest BCUT2D eigenvalue weighted by atomic mass is 35.9. The van der Waals surface area contributed by atoms with Crippen molar-refractivity contribution in [3.05, 3.63) is 0 Å². The van der Waals surface area contributed by atoms with Crippen LogP contribution in [-0.4, -0.2) is 6.54 Å². The van der Waals surface area contributed by atoms with Crippen LogP contribution < -0.4 is 0 Å². The Morgan fingerprint density at radius 1 is 1.40 bits per heavy atom. The van der Waals surface area contributed by atoms with Gasteiger partial charge in [0.15, 0.2) is 0 Å². The molecule has 0 atom stereocenters. The standard InChI is InChI=1S/C6H13Cl2NP/c1-6(2)4-3-5-9-10(7)8/h6H,3-5H2,1-2H3/q+1. The Morgan fingerprint density at radius 3 is 2.40 bits per heavy atom. The third-order valence-corrected chi connectivity index (χ3v) is 2.20. The summed E-state index contributed by atoms with van der Waals surface area (Å²) in [6.45, 7) is 5.21. The first kappa shape index (κ1) is 10.7. The first-order chi connectivity index (χ1) is 4.63. The number of hydrogen-bond acceptors (Lipinski definition) is 1. The second kappa shape index (κ2) is 6.39. The molecule has 0 unspecified atom stereocenters. The molecule has 0 amide bonds. The van der Waals surface area contributed by atoms with E-state index in [4.69, 9.17) is 22.5 Å². The summed E-state index contributed by atoms with van der Waals surface area (Å²) in [7, 11) is 0. The Balaban J connectivity index is 3.13. The van der Waals surface area contributed by atoms with Crippen molar-refractivity contribution in [1.82, 2.24) is 0 Å². The maximum atomic E-state index is 5.46. The Bertz CT molecular complexity index is 110. The Morgan fingerprint density at radius 2 is 2.00 bits per heavy atom. The van der Waals surface area contributed by atoms with E-state index in [0.29, 0.717) is 0 Å². The van der Waals surface area contributed by atoms with Crippen LogP contribution in [0.5, 0.6) is 0 Å². The molecule has 0 aromatic carbocycles. The second-order valence-electron chi connectivity index (χ2n) is 2.62. The molecule has 0 aromatic heterocycles. The number of hydrogen-bond donors (Lipinski definition) is 0. The maximum absolute atomic E-state index is 5.46. The van der Waals surface area contributed by atoms with Gasteiger partial charge in [0.1, 0.15) is 0 Å². The molecule has 0 saturated heterocycles. The van der Waals surface area contributed by atoms with Gasteiger partial charge in [0.05, 0.1) is 6.54 Å². The summed E-state index contributed by atoms with van der Waals surface area (Å²) in [5, 5.41) is 0. The lowest BCUT2D eigenvalue weighted by Crippen LogP contribution is -1.87. The van der Waals surface area contributed by atoms with E-state index in [1.807, 2.05) is 0 Å². The third-order valence-electron chi connectivity index (χ3n) is 1.15. The highest BCUT2D eigenvalue weighted by Crippen LogP contribution is 2.36. The molecular weight excluding hydrogens is 188 g/mol. The largest absolute Gasteiger partial charge is 0.438 e. The zero-order chi connectivity index (χ0) is 7.98. The molecule has 0 spiro atoms. The summed E-state index contributed by atoms with van der Waals surface area (Å²) in [6.07, 6.45) is 1.25. The number of rotatable bonds is 4. The van der Waals surface area contributed by atoms with Crippen molar-refractivity contribution in [2.45, 2.75) is 26.7 Å². The predicted molar refractivity (Wildman–Crippen MR) is 50.0 cm³/mol. The lowest BCUT2D eigenvalue weighted by molar-refractivity contribution is 0.563. The molecule has 60 valence electrons. The van der Waals surface area contributed by atoms with Crippen molar-refractivity contribution < 1.29 is 0 Å². The molecule has 1 nitrogen and oxygen atoms in total. The van der Waals surface area contributed by atoms with Crippen molar-refractivity contribution >= 4 is 28.9 Å². The number of nitrogens with zero attached hydrogens (tertiary/aromatic N) is 1. The fourth-order valence-corrected chi connectivity index (χ4v) is 1.39. The molecule has 0 N–H and O–H groups in total. The predicted octanol–water partition coefficient (Wildman–Crippen LogP) is 4.40. The summed E-state index contributed by atoms with van der Waals surface area (Å²) >= 11 is 10.9. The summed E-state index contributed by atoms with van der Waals surface area (Å²) in [4.78, 5) is 0. The van der Waals surface area contributed by atoms with E-state index in [0.717, 1.165) is 18.9 Å². The zero-order valence-corrected chi connectivity index (χ0v) is 8.76. The molecule has 0 heterocycles. The molecule has 0 aromatic rings. The van der Waals surface area contributed by atoms with Gasteiger partial charge < -0.3 is 0 Å². The molecule has 0 radical (unpaired) electrons. The summed E-state index contributed by atoms with van der Waals surface area (Å²) < 4.78 is 3.99. The molecule has 0 rings (SSSR count). The van der Waals surface area contributed by atoms with Gasteiger partial charge in [-0.05, 0) is 18.8 Å². The SMILES string of the molecule is CC(C)CCCN=[P+](Cl)Cl. The second-order valence-corrected chi connectivity index (χ2v) is 5.77. The highest BCUT2D eigenvalue weighted by molar-refractivity contribution is 7.96. The minimum Gasteiger partial charge on any atom is -0.0749 e. The van der Waals surface area contributed by atoms with E-state index >= 15 is 0 Å². The number of halogens is 2. The lowest BCUT2D eigenvalue weighted by Gasteiger charge is -1.98. The first-order valence-electron chi connectivity index (χ1n) is 3.42. The normalized spacial score (nSPS) is 10.1. The minimum atomic E-state index is -1.06. The van der Waals surface area contributed by atoms with Crippen molar-refractivity contribution in [2.24, 2.45) is 10.7 Å². The molecule has 10 heavy (non-hydrogen) atoms. The highest BCUT2D eigenvalue weighted by Gasteiger charge is 2.01. The van der Waals surface area contributed by atoms with Gasteiger partial charge in [-0.3, -0.25) is 0 Å². The first-order valence-corrected chi connectivity index (χ1v) is 6.52. The van der Waals surface area contributed by atoms with E-state index in [1.54, 1.807) is 0 Å². The van der Waals surface area contributed by atoms with Crippen LogP contribution in [0, 0.1) is 5.92 Å². The van der Waals surface area contributed by atoms with Crippen LogP contribution in [0.2, 0.25) is 0 Å². The topological polar surface area (TPSA) is 12.4 Å². The van der Waals surface area contributed by atoms with E-state index < -0.39 is 6.42 Å². The lowest BCUT2D eigenvalue weighted by atomic mass is 10.1. The Kier molecular flexibility index (Phi) is 6.83. The van der Waals surface area contributed by atoms with Crippen LogP contribution in [0.1, 0.15) is 26.7 Å². The van der Waals surface area contributed by atoms with Crippen LogP contribution in [0.4, 0.5) is 0 Å². The maximum Gasteiger partial charge on any atom is 0.438 e. The quantitative estimate of drug-likeness (QED) is 0.472. The zero-order valence-electron chi connectivity index (χ0n) is 6.35. The van der Waals surface area contributed by atoms with Crippen molar-refractivity contribution in [2.75, 3.05) is 6.54 Å². The molecule has 0 aliphatic carbocycles. The minimum absolute atomic E-state index is 0.757. The molecule has 0 aliphatic heterocycles. The van der Waals surface area contributed by atoms with Gasteiger partial charge in [-0.1, -0.05) is 18.6 Å². The average molecular weight is 201 g/mol. The summed E-state index contributed by atoms with van der Waals surface area (Å²) in [5.41, 5.74) is 0. The van der Waals surface area contributed by atoms with Crippen LogP contribution in [0.3, 0.4) is 0 Å². The molecule has 0 fully saturated rings. The average Bonchev–Trinajstić information content (AvgIpc) is 1.79. The van der Waals surface area contributed by atoms with E-state index in [1.165, 1.54) is 6.42 Å². The fraction of sp³-hybridized carbons (Fsp3) is 1.00. The van der Waals surface area contributed by atoms with Gasteiger partial charge in [-0.15, -0.1) is 0 Å². The van der Waals surface area contributed by atoms with Gasteiger partial charge in [-0.2, -0.15) is 0 Å². The van der Waals surface area contributed by atoms with Crippen LogP contribution in [0.15, 0.2) is 4.74 Å². The van der Waals surface area contributed by atoms with Crippen molar-refractivity contribution in [3.8, 4) is 0 Å². The van der Waals surface area contributed by atoms with Gasteiger partial charge in [0, 0.05) is 0 Å². The summed E-state index contributed by atoms with van der Waals surface area (Å²) in [6, 6.07) is 0. The third kappa shape index (κ3) is 8.68. The molecule has 4 heteroatoms. The van der Waals surface area contributed by atoms with Crippen molar-refractivity contribution in [1.29, 1.82) is 0 Å². The Labute approximate surface area is 73.2 Å². The molecule has 0 saturated carbocycles. The van der Waals surface area contributed by atoms with E-state index in [9.17, 15) is 0 Å². The van der Waals surface area contributed by atoms with Crippen molar-refractivity contribution in [3.63, 3.8) is 0 Å². The monoisotopic (exact) mass is 200 g/mol. The van der Waals surface area contributed by atoms with Gasteiger partial charge in [0.25, 0.3) is 0 Å². The van der Waals surface area contributed by atoms with Gasteiger partial charge >= 0.3 is 6.42 Å². The van der Waals surface area contributed by atoms with Crippen LogP contribution in [-0.2, 0) is 0 Å². The Hall–Kier alpha value is 0.680. The fourth-order valence-electron chi connectivity index (χ4n) is 0.646. The molecule has 0 aliphatic rings. The molecular formula is C6H13Cl2NP+. The molecule has 0 bridgehead atoms. The van der Waals surface area contributed by atoms with E-state index in [-0.39, 0.29) is 0 Å². The summed E-state index contributed by atoms with van der Waals surface area (Å²) in [5.74, 6) is 0.757. The van der Waals surface area contributed by atoms with Gasteiger partial charge in [-0.25, -0.2) is 0 Å². The van der Waals surface area contributed by atoms with Crippen LogP contribution >= 0.6 is 28.9 Å². The van der Waals surface area contributed by atoms with Crippen LogP contribution in [0.25, 0.3) is 0 Å². The van der Waals surface area contributed by atoms with E-state index in [2.05, 4.69) is 18.6 Å².